The van der Waals surface area contributed by atoms with Crippen molar-refractivity contribution >= 4 is 0 Å². The first-order valence-corrected chi connectivity index (χ1v) is 7.34. The fraction of sp³-hybridized carbons (Fsp3) is 0.500. The molecule has 1 aromatic heterocycles. The number of hydrogen-bond donors (Lipinski definition) is 0. The third-order valence-corrected chi connectivity index (χ3v) is 4.20. The molecular formula is C16H21N3O2. The largest absolute Gasteiger partial charge is 0.497 e. The van der Waals surface area contributed by atoms with E-state index in [1.807, 2.05) is 24.3 Å². The molecule has 0 radical (unpaired) electrons. The Kier molecular flexibility index (Phi) is 3.92. The third-order valence-electron chi connectivity index (χ3n) is 4.20. The summed E-state index contributed by atoms with van der Waals surface area (Å²) in [5.41, 5.74) is 0.934. The minimum Gasteiger partial charge on any atom is -0.497 e. The Morgan fingerprint density at radius 1 is 1.33 bits per heavy atom. The molecule has 5 heteroatoms. The Morgan fingerprint density at radius 2 is 2.05 bits per heavy atom. The highest BCUT2D eigenvalue weighted by Gasteiger charge is 2.31. The van der Waals surface area contributed by atoms with Crippen LogP contribution in [0.25, 0.3) is 11.4 Å². The van der Waals surface area contributed by atoms with E-state index in [0.29, 0.717) is 24.3 Å². The van der Waals surface area contributed by atoms with Crippen LogP contribution in [0.3, 0.4) is 0 Å². The molecule has 0 spiro atoms. The van der Waals surface area contributed by atoms with Gasteiger partial charge in [0.1, 0.15) is 5.75 Å². The lowest BCUT2D eigenvalue weighted by molar-refractivity contribution is 0.197. The molecule has 112 valence electrons. The van der Waals surface area contributed by atoms with Crippen molar-refractivity contribution in [1.29, 1.82) is 0 Å². The van der Waals surface area contributed by atoms with Gasteiger partial charge in [-0.05, 0) is 57.0 Å². The number of hydrogen-bond acceptors (Lipinski definition) is 5. The van der Waals surface area contributed by atoms with Crippen LogP contribution in [-0.4, -0.2) is 35.2 Å². The molecule has 5 nitrogen and oxygen atoms in total. The first-order valence-electron chi connectivity index (χ1n) is 7.34. The maximum absolute atomic E-state index is 5.36. The normalized spacial score (nSPS) is 16.2. The fourth-order valence-corrected chi connectivity index (χ4v) is 2.47. The topological polar surface area (TPSA) is 51.4 Å². The maximum Gasteiger partial charge on any atom is 0.241 e. The van der Waals surface area contributed by atoms with E-state index < -0.39 is 0 Å². The van der Waals surface area contributed by atoms with E-state index in [1.54, 1.807) is 7.11 Å². The molecule has 1 aromatic carbocycles. The van der Waals surface area contributed by atoms with Crippen LogP contribution in [0.15, 0.2) is 28.8 Å². The van der Waals surface area contributed by atoms with Crippen LogP contribution in [-0.2, 0) is 6.54 Å². The van der Waals surface area contributed by atoms with Crippen LogP contribution < -0.4 is 4.74 Å². The second kappa shape index (κ2) is 5.85. The van der Waals surface area contributed by atoms with Crippen molar-refractivity contribution in [2.45, 2.75) is 32.4 Å². The molecule has 3 rings (SSSR count). The molecule has 2 aromatic rings. The van der Waals surface area contributed by atoms with E-state index in [4.69, 9.17) is 9.26 Å². The van der Waals surface area contributed by atoms with Gasteiger partial charge in [-0.15, -0.1) is 0 Å². The quantitative estimate of drug-likeness (QED) is 0.817. The second-order valence-electron chi connectivity index (χ2n) is 5.73. The molecule has 21 heavy (non-hydrogen) atoms. The summed E-state index contributed by atoms with van der Waals surface area (Å²) in [5.74, 6) is 2.94. The van der Waals surface area contributed by atoms with Crippen molar-refractivity contribution in [3.05, 3.63) is 30.2 Å². The van der Waals surface area contributed by atoms with Gasteiger partial charge in [0.15, 0.2) is 0 Å². The number of benzene rings is 1. The molecule has 0 bridgehead atoms. The van der Waals surface area contributed by atoms with Crippen molar-refractivity contribution in [3.63, 3.8) is 0 Å². The summed E-state index contributed by atoms with van der Waals surface area (Å²) < 4.78 is 10.5. The summed E-state index contributed by atoms with van der Waals surface area (Å²) in [7, 11) is 3.76. The summed E-state index contributed by atoms with van der Waals surface area (Å²) in [6, 6.07) is 8.23. The van der Waals surface area contributed by atoms with Gasteiger partial charge in [-0.25, -0.2) is 0 Å². The van der Waals surface area contributed by atoms with E-state index in [9.17, 15) is 0 Å². The number of rotatable bonds is 6. The van der Waals surface area contributed by atoms with Crippen molar-refractivity contribution in [3.8, 4) is 17.1 Å². The Bertz CT molecular complexity index is 590. The summed E-state index contributed by atoms with van der Waals surface area (Å²) in [6.07, 6.45) is 2.68. The van der Waals surface area contributed by atoms with Gasteiger partial charge < -0.3 is 9.26 Å². The molecule has 1 fully saturated rings. The summed E-state index contributed by atoms with van der Waals surface area (Å²) in [4.78, 5) is 6.76. The molecular weight excluding hydrogens is 266 g/mol. The van der Waals surface area contributed by atoms with Gasteiger partial charge >= 0.3 is 0 Å². The van der Waals surface area contributed by atoms with Gasteiger partial charge in [0.05, 0.1) is 13.7 Å². The molecule has 0 N–H and O–H groups in total. The minimum atomic E-state index is 0.571. The number of nitrogens with zero attached hydrogens (tertiary/aromatic N) is 3. The zero-order valence-corrected chi connectivity index (χ0v) is 12.7. The molecule has 0 amide bonds. The van der Waals surface area contributed by atoms with E-state index >= 15 is 0 Å². The van der Waals surface area contributed by atoms with Crippen LogP contribution in [0.2, 0.25) is 0 Å². The average Bonchev–Trinajstić information content (AvgIpc) is 3.26. The van der Waals surface area contributed by atoms with E-state index in [1.165, 1.54) is 12.8 Å². The summed E-state index contributed by atoms with van der Waals surface area (Å²) >= 11 is 0. The van der Waals surface area contributed by atoms with Crippen LogP contribution >= 0.6 is 0 Å². The van der Waals surface area contributed by atoms with Crippen LogP contribution in [0.4, 0.5) is 0 Å². The Morgan fingerprint density at radius 3 is 2.67 bits per heavy atom. The number of methoxy groups -OCH3 is 1. The van der Waals surface area contributed by atoms with E-state index in [-0.39, 0.29) is 0 Å². The smallest absolute Gasteiger partial charge is 0.241 e. The molecule has 1 aliphatic carbocycles. The lowest BCUT2D eigenvalue weighted by atomic mass is 10.2. The molecule has 1 atom stereocenters. The molecule has 1 saturated carbocycles. The standard InChI is InChI=1S/C16H21N3O2/c1-11(12-4-5-12)19(2)10-15-17-16(18-21-15)13-6-8-14(20-3)9-7-13/h6-9,11-12H,4-5,10H2,1-3H3. The molecule has 1 unspecified atom stereocenters. The summed E-state index contributed by atoms with van der Waals surface area (Å²) in [6.45, 7) is 2.96. The maximum atomic E-state index is 5.36. The predicted molar refractivity (Wildman–Crippen MR) is 79.9 cm³/mol. The van der Waals surface area contributed by atoms with Gasteiger partial charge in [0.2, 0.25) is 11.7 Å². The lowest BCUT2D eigenvalue weighted by Crippen LogP contribution is -2.30. The Labute approximate surface area is 124 Å². The predicted octanol–water partition coefficient (Wildman–Crippen LogP) is 2.98. The van der Waals surface area contributed by atoms with E-state index in [2.05, 4.69) is 29.0 Å². The Hall–Kier alpha value is -1.88. The zero-order valence-electron chi connectivity index (χ0n) is 12.7. The molecule has 1 heterocycles. The van der Waals surface area contributed by atoms with Crippen LogP contribution in [0.1, 0.15) is 25.7 Å². The molecule has 0 saturated heterocycles. The first kappa shape index (κ1) is 14.1. The average molecular weight is 287 g/mol. The number of ether oxygens (including phenoxy) is 1. The molecule has 0 aliphatic heterocycles. The zero-order chi connectivity index (χ0) is 14.8. The third kappa shape index (κ3) is 3.24. The minimum absolute atomic E-state index is 0.571. The highest BCUT2D eigenvalue weighted by atomic mass is 16.5. The second-order valence-corrected chi connectivity index (χ2v) is 5.73. The Balaban J connectivity index is 1.67. The van der Waals surface area contributed by atoms with Gasteiger partial charge in [-0.2, -0.15) is 4.98 Å². The highest BCUT2D eigenvalue weighted by Crippen LogP contribution is 2.35. The van der Waals surface area contributed by atoms with Gasteiger partial charge in [0, 0.05) is 11.6 Å². The van der Waals surface area contributed by atoms with Gasteiger partial charge in [0.25, 0.3) is 0 Å². The van der Waals surface area contributed by atoms with E-state index in [0.717, 1.165) is 17.2 Å². The van der Waals surface area contributed by atoms with Crippen molar-refractivity contribution in [1.82, 2.24) is 15.0 Å². The monoisotopic (exact) mass is 287 g/mol. The number of aromatic nitrogens is 2. The van der Waals surface area contributed by atoms with Crippen molar-refractivity contribution in [2.75, 3.05) is 14.2 Å². The molecule has 1 aliphatic rings. The van der Waals surface area contributed by atoms with Gasteiger partial charge in [-0.1, -0.05) is 5.16 Å². The van der Waals surface area contributed by atoms with Crippen molar-refractivity contribution in [2.24, 2.45) is 5.92 Å². The van der Waals surface area contributed by atoms with Gasteiger partial charge in [-0.3, -0.25) is 4.90 Å². The highest BCUT2D eigenvalue weighted by molar-refractivity contribution is 5.55. The van der Waals surface area contributed by atoms with Crippen LogP contribution in [0, 0.1) is 5.92 Å². The van der Waals surface area contributed by atoms with Crippen LogP contribution in [0.5, 0.6) is 5.75 Å². The lowest BCUT2D eigenvalue weighted by Gasteiger charge is -2.22. The first-order chi connectivity index (χ1) is 10.2. The van der Waals surface area contributed by atoms with Crippen molar-refractivity contribution < 1.29 is 9.26 Å². The summed E-state index contributed by atoms with van der Waals surface area (Å²) in [5, 5.41) is 4.06. The fourth-order valence-electron chi connectivity index (χ4n) is 2.47. The SMILES string of the molecule is COc1ccc(-c2noc(CN(C)C(C)C3CC3)n2)cc1.